The van der Waals surface area contributed by atoms with Crippen LogP contribution in [0.25, 0.3) is 27.6 Å². The van der Waals surface area contributed by atoms with Crippen molar-refractivity contribution >= 4 is 56.5 Å². The molecule has 1 aliphatic rings. The van der Waals surface area contributed by atoms with Crippen molar-refractivity contribution in [1.82, 2.24) is 4.57 Å². The summed E-state index contributed by atoms with van der Waals surface area (Å²) in [6.45, 7) is 1.48. The van der Waals surface area contributed by atoms with Gasteiger partial charge >= 0.3 is 12.1 Å². The van der Waals surface area contributed by atoms with Gasteiger partial charge in [0, 0.05) is 16.1 Å². The van der Waals surface area contributed by atoms with Gasteiger partial charge in [0.2, 0.25) is 0 Å². The van der Waals surface area contributed by atoms with E-state index in [2.05, 4.69) is 4.99 Å². The molecular weight excluding hydrogens is 701 g/mol. The van der Waals surface area contributed by atoms with Crippen LogP contribution in [0, 0.1) is 0 Å². The third-order valence-corrected chi connectivity index (χ3v) is 9.77. The van der Waals surface area contributed by atoms with Gasteiger partial charge in [0.15, 0.2) is 10.5 Å². The predicted octanol–water partition coefficient (Wildman–Crippen LogP) is 7.89. The molecule has 0 unspecified atom stereocenters. The van der Waals surface area contributed by atoms with E-state index < -0.39 is 35.0 Å². The number of alkyl halides is 3. The van der Waals surface area contributed by atoms with E-state index in [9.17, 15) is 22.8 Å². The lowest BCUT2D eigenvalue weighted by atomic mass is 9.90. The van der Waals surface area contributed by atoms with Gasteiger partial charge in [0.05, 0.1) is 23.8 Å². The van der Waals surface area contributed by atoms with Crippen LogP contribution in [-0.2, 0) is 16.1 Å². The highest BCUT2D eigenvalue weighted by Gasteiger charge is 2.46. The zero-order valence-corrected chi connectivity index (χ0v) is 28.7. The van der Waals surface area contributed by atoms with Gasteiger partial charge in [-0.3, -0.25) is 9.36 Å². The highest BCUT2D eigenvalue weighted by Crippen LogP contribution is 2.43. The lowest BCUT2D eigenvalue weighted by Crippen LogP contribution is -2.41. The normalized spacial score (nSPS) is 14.8. The van der Waals surface area contributed by atoms with Gasteiger partial charge in [-0.05, 0) is 64.4 Å². The van der Waals surface area contributed by atoms with Crippen molar-refractivity contribution < 1.29 is 32.2 Å². The average Bonchev–Trinajstić information content (AvgIpc) is 3.44. The predicted molar refractivity (Wildman–Crippen MR) is 191 cm³/mol. The second-order valence-electron chi connectivity index (χ2n) is 11.6. The van der Waals surface area contributed by atoms with Crippen molar-refractivity contribution in [1.29, 1.82) is 0 Å². The monoisotopic (exact) mass is 728 g/mol. The van der Waals surface area contributed by atoms with Gasteiger partial charge in [-0.1, -0.05) is 95.7 Å². The average molecular weight is 729 g/mol. The number of carbonyl (C=O) groups is 1. The number of aromatic nitrogens is 1. The van der Waals surface area contributed by atoms with Crippen LogP contribution >= 0.6 is 22.9 Å². The van der Waals surface area contributed by atoms with E-state index in [-0.39, 0.29) is 33.9 Å². The van der Waals surface area contributed by atoms with Gasteiger partial charge in [-0.25, -0.2) is 9.79 Å². The molecule has 0 fully saturated rings. The molecule has 0 N–H and O–H groups in total. The number of methoxy groups -OCH3 is 1. The van der Waals surface area contributed by atoms with Crippen molar-refractivity contribution in [2.24, 2.45) is 4.99 Å². The maximum atomic E-state index is 14.9. The minimum atomic E-state index is -5.06. The number of halogens is 4. The number of hydrogen-bond donors (Lipinski definition) is 0. The van der Waals surface area contributed by atoms with E-state index in [1.165, 1.54) is 14.0 Å². The van der Waals surface area contributed by atoms with E-state index >= 15 is 0 Å². The summed E-state index contributed by atoms with van der Waals surface area (Å²) in [4.78, 5) is 31.9. The number of hydrogen-bond acceptors (Lipinski definition) is 7. The highest BCUT2D eigenvalue weighted by atomic mass is 35.5. The number of fused-ring (bicyclic) bond motifs is 3. The van der Waals surface area contributed by atoms with E-state index in [0.717, 1.165) is 32.2 Å². The molecule has 51 heavy (non-hydrogen) atoms. The molecule has 0 radical (unpaired) electrons. The number of thiazole rings is 1. The van der Waals surface area contributed by atoms with Crippen LogP contribution in [0.3, 0.4) is 0 Å². The molecule has 1 atom stereocenters. The van der Waals surface area contributed by atoms with Crippen molar-refractivity contribution in [2.75, 3.05) is 13.7 Å². The van der Waals surface area contributed by atoms with Crippen molar-refractivity contribution in [3.63, 3.8) is 0 Å². The summed E-state index contributed by atoms with van der Waals surface area (Å²) in [5.74, 6) is -0.606. The summed E-state index contributed by atoms with van der Waals surface area (Å²) >= 11 is 6.84. The van der Waals surface area contributed by atoms with Gasteiger partial charge < -0.3 is 14.2 Å². The standard InChI is InChI=1S/C39H28ClF3N2O5S/c1-3-49-37(47)33-34(32-27-11-7-5-9-24(27)15-19-30(32)48-2)45-36(46)31(51-38(45)44-35(33)39(41,42)43)20-28-26-10-6-4-8-23(26)14-18-29(28)50-21-22-12-16-25(40)17-13-22/h4-20,34H,3,21H2,1-2H3/b31-20-/t34-/m0/s1. The van der Waals surface area contributed by atoms with Gasteiger partial charge in [-0.2, -0.15) is 13.2 Å². The van der Waals surface area contributed by atoms with Crippen LogP contribution in [0.4, 0.5) is 13.2 Å². The summed E-state index contributed by atoms with van der Waals surface area (Å²) in [7, 11) is 1.38. The minimum absolute atomic E-state index is 0.0808. The molecule has 0 saturated heterocycles. The molecule has 0 spiro atoms. The molecule has 12 heteroatoms. The fourth-order valence-corrected chi connectivity index (χ4v) is 7.38. The minimum Gasteiger partial charge on any atom is -0.496 e. The fourth-order valence-electron chi connectivity index (χ4n) is 6.27. The third-order valence-electron chi connectivity index (χ3n) is 8.53. The Hall–Kier alpha value is -5.39. The largest absolute Gasteiger partial charge is 0.496 e. The lowest BCUT2D eigenvalue weighted by molar-refractivity contribution is -0.140. The van der Waals surface area contributed by atoms with E-state index in [1.807, 2.05) is 42.5 Å². The summed E-state index contributed by atoms with van der Waals surface area (Å²) < 4.78 is 63.0. The number of carbonyl (C=O) groups excluding carboxylic acids is 1. The molecule has 0 saturated carbocycles. The summed E-state index contributed by atoms with van der Waals surface area (Å²) in [6, 6.07) is 27.1. The van der Waals surface area contributed by atoms with Crippen molar-refractivity contribution in [2.45, 2.75) is 25.7 Å². The van der Waals surface area contributed by atoms with Gasteiger partial charge in [-0.15, -0.1) is 0 Å². The summed E-state index contributed by atoms with van der Waals surface area (Å²) in [6.07, 6.45) is -3.46. The van der Waals surface area contributed by atoms with Crippen molar-refractivity contribution in [3.8, 4) is 11.5 Å². The molecule has 258 valence electrons. The molecule has 0 amide bonds. The van der Waals surface area contributed by atoms with Crippen molar-refractivity contribution in [3.05, 3.63) is 150 Å². The zero-order valence-electron chi connectivity index (χ0n) is 27.2. The van der Waals surface area contributed by atoms with Crippen LogP contribution in [-0.4, -0.2) is 30.4 Å². The number of rotatable bonds is 8. The zero-order chi connectivity index (χ0) is 35.9. The van der Waals surface area contributed by atoms with Crippen LogP contribution < -0.4 is 24.4 Å². The van der Waals surface area contributed by atoms with E-state index in [1.54, 1.807) is 60.7 Å². The number of benzene rings is 5. The Morgan fingerprint density at radius 3 is 2.24 bits per heavy atom. The first-order valence-corrected chi connectivity index (χ1v) is 17.0. The molecule has 5 aromatic carbocycles. The molecule has 7 nitrogen and oxygen atoms in total. The Balaban J connectivity index is 1.51. The maximum Gasteiger partial charge on any atom is 0.434 e. The van der Waals surface area contributed by atoms with Gasteiger partial charge in [0.25, 0.3) is 5.56 Å². The fraction of sp³-hybridized carbons (Fsp3) is 0.154. The number of esters is 1. The Labute approximate surface area is 298 Å². The number of allylic oxidation sites excluding steroid dienone is 1. The second kappa shape index (κ2) is 13.7. The van der Waals surface area contributed by atoms with Gasteiger partial charge in [0.1, 0.15) is 24.1 Å². The Morgan fingerprint density at radius 2 is 1.57 bits per heavy atom. The quantitative estimate of drug-likeness (QED) is 0.149. The molecule has 6 aromatic rings. The Morgan fingerprint density at radius 1 is 0.922 bits per heavy atom. The van der Waals surface area contributed by atoms with Crippen LogP contribution in [0.1, 0.15) is 29.7 Å². The number of nitrogens with zero attached hydrogens (tertiary/aromatic N) is 2. The first-order chi connectivity index (χ1) is 24.6. The molecule has 1 aromatic heterocycles. The van der Waals surface area contributed by atoms with Crippen LogP contribution in [0.2, 0.25) is 5.02 Å². The van der Waals surface area contributed by atoms with E-state index in [0.29, 0.717) is 27.1 Å². The first-order valence-electron chi connectivity index (χ1n) is 15.8. The maximum absolute atomic E-state index is 14.9. The topological polar surface area (TPSA) is 79.1 Å². The molecule has 0 aliphatic carbocycles. The smallest absolute Gasteiger partial charge is 0.434 e. The van der Waals surface area contributed by atoms with Crippen LogP contribution in [0.15, 0.2) is 118 Å². The second-order valence-corrected chi connectivity index (χ2v) is 13.0. The first kappa shape index (κ1) is 34.1. The van der Waals surface area contributed by atoms with Crippen LogP contribution in [0.5, 0.6) is 11.5 Å². The lowest BCUT2D eigenvalue weighted by Gasteiger charge is -2.28. The Kier molecular flexibility index (Phi) is 9.17. The van der Waals surface area contributed by atoms with E-state index in [4.69, 9.17) is 25.8 Å². The highest BCUT2D eigenvalue weighted by molar-refractivity contribution is 7.07. The molecule has 1 aliphatic heterocycles. The molecule has 2 heterocycles. The molecular formula is C39H28ClF3N2O5S. The molecule has 7 rings (SSSR count). The third kappa shape index (κ3) is 6.39. The Bertz CT molecular complexity index is 2540. The summed E-state index contributed by atoms with van der Waals surface area (Å²) in [5.41, 5.74) is -1.31. The summed E-state index contributed by atoms with van der Waals surface area (Å²) in [5, 5.41) is 3.36. The SMILES string of the molecule is CCOC(=O)C1=C(C(F)(F)F)N=c2s/c(=C\c3c(OCc4ccc(Cl)cc4)ccc4ccccc34)c(=O)n2[C@H]1c1c(OC)ccc2ccccc12. The number of ether oxygens (including phenoxy) is 3. The molecule has 0 bridgehead atoms.